The third kappa shape index (κ3) is 3.72. The lowest BCUT2D eigenvalue weighted by molar-refractivity contribution is -0.137. The number of hydrogen-bond donors (Lipinski definition) is 1. The molecule has 1 amide bonds. The van der Waals surface area contributed by atoms with Crippen molar-refractivity contribution in [3.05, 3.63) is 101 Å². The Balaban J connectivity index is 1.66. The van der Waals surface area contributed by atoms with Crippen LogP contribution in [0.15, 0.2) is 72.8 Å². The molecule has 30 heavy (non-hydrogen) atoms. The normalized spacial score (nSPS) is 17.4. The molecule has 0 heterocycles. The number of anilines is 1. The Bertz CT molecular complexity index is 1060. The number of benzene rings is 3. The summed E-state index contributed by atoms with van der Waals surface area (Å²) in [7, 11) is 0. The van der Waals surface area contributed by atoms with Gasteiger partial charge in [0.15, 0.2) is 0 Å². The van der Waals surface area contributed by atoms with Crippen LogP contribution >= 0.6 is 0 Å². The van der Waals surface area contributed by atoms with Crippen molar-refractivity contribution in [3.63, 3.8) is 0 Å². The number of rotatable bonds is 4. The summed E-state index contributed by atoms with van der Waals surface area (Å²) in [5, 5.41) is 2.70. The van der Waals surface area contributed by atoms with Crippen molar-refractivity contribution in [1.29, 1.82) is 0 Å². The molecule has 154 valence electrons. The minimum Gasteiger partial charge on any atom is -0.326 e. The van der Waals surface area contributed by atoms with Crippen LogP contribution < -0.4 is 5.32 Å². The second kappa shape index (κ2) is 7.31. The first-order valence-corrected chi connectivity index (χ1v) is 9.82. The van der Waals surface area contributed by atoms with Crippen molar-refractivity contribution in [1.82, 2.24) is 0 Å². The van der Waals surface area contributed by atoms with Crippen LogP contribution in [0.1, 0.15) is 34.2 Å². The summed E-state index contributed by atoms with van der Waals surface area (Å²) in [6.07, 6.45) is -3.84. The monoisotopic (exact) mass is 409 g/mol. The summed E-state index contributed by atoms with van der Waals surface area (Å²) in [6.45, 7) is 4.01. The maximum absolute atomic E-state index is 13.1. The topological polar surface area (TPSA) is 29.1 Å². The fourth-order valence-corrected chi connectivity index (χ4v) is 4.23. The molecule has 4 rings (SSSR count). The van der Waals surface area contributed by atoms with Gasteiger partial charge in [0.25, 0.3) is 0 Å². The first-order valence-electron chi connectivity index (χ1n) is 9.82. The number of carbonyl (C=O) groups is 1. The average molecular weight is 409 g/mol. The Hall–Kier alpha value is -3.08. The highest BCUT2D eigenvalue weighted by atomic mass is 19.4. The van der Waals surface area contributed by atoms with Crippen LogP contribution in [-0.2, 0) is 16.4 Å². The second-order valence-corrected chi connectivity index (χ2v) is 8.03. The molecule has 0 saturated heterocycles. The molecule has 1 fully saturated rings. The molecule has 1 atom stereocenters. The minimum atomic E-state index is -4.45. The van der Waals surface area contributed by atoms with Crippen LogP contribution in [0.2, 0.25) is 0 Å². The van der Waals surface area contributed by atoms with Crippen molar-refractivity contribution >= 4 is 11.6 Å². The van der Waals surface area contributed by atoms with E-state index in [1.165, 1.54) is 12.1 Å². The van der Waals surface area contributed by atoms with E-state index in [2.05, 4.69) is 17.4 Å². The number of halogens is 3. The Labute approximate surface area is 173 Å². The molecule has 1 aliphatic rings. The molecule has 1 unspecified atom stereocenters. The van der Waals surface area contributed by atoms with E-state index in [9.17, 15) is 18.0 Å². The van der Waals surface area contributed by atoms with Gasteiger partial charge >= 0.3 is 6.18 Å². The lowest BCUT2D eigenvalue weighted by Crippen LogP contribution is -2.22. The van der Waals surface area contributed by atoms with Gasteiger partial charge in [0, 0.05) is 11.1 Å². The SMILES string of the molecule is Cc1cccc(C2(c3cccc(C)c3)CC2C(=O)Nc2cccc(C(F)(F)F)c2)c1. The smallest absolute Gasteiger partial charge is 0.326 e. The summed E-state index contributed by atoms with van der Waals surface area (Å²) in [5.74, 6) is -0.618. The fraction of sp³-hybridized carbons (Fsp3) is 0.240. The predicted molar refractivity (Wildman–Crippen MR) is 111 cm³/mol. The zero-order valence-electron chi connectivity index (χ0n) is 16.8. The van der Waals surface area contributed by atoms with Gasteiger partial charge in [0.2, 0.25) is 5.91 Å². The van der Waals surface area contributed by atoms with Crippen molar-refractivity contribution in [2.45, 2.75) is 31.9 Å². The van der Waals surface area contributed by atoms with E-state index in [1.54, 1.807) is 0 Å². The Morgan fingerprint density at radius 1 is 0.900 bits per heavy atom. The Morgan fingerprint density at radius 3 is 2.00 bits per heavy atom. The molecule has 5 heteroatoms. The summed E-state index contributed by atoms with van der Waals surface area (Å²) < 4.78 is 39.0. The highest BCUT2D eigenvalue weighted by Gasteiger charge is 2.60. The van der Waals surface area contributed by atoms with Crippen molar-refractivity contribution in [2.24, 2.45) is 5.92 Å². The number of hydrogen-bond acceptors (Lipinski definition) is 1. The maximum atomic E-state index is 13.1. The summed E-state index contributed by atoms with van der Waals surface area (Å²) in [6, 6.07) is 20.9. The zero-order valence-corrected chi connectivity index (χ0v) is 16.8. The number of carbonyl (C=O) groups excluding carboxylic acids is 1. The van der Waals surface area contributed by atoms with Gasteiger partial charge in [0.1, 0.15) is 0 Å². The van der Waals surface area contributed by atoms with Gasteiger partial charge in [0.05, 0.1) is 11.5 Å². The molecule has 0 bridgehead atoms. The van der Waals surface area contributed by atoms with E-state index in [0.29, 0.717) is 6.42 Å². The number of alkyl halides is 3. The molecule has 0 aromatic heterocycles. The first-order chi connectivity index (χ1) is 14.2. The van der Waals surface area contributed by atoms with E-state index in [1.807, 2.05) is 50.2 Å². The second-order valence-electron chi connectivity index (χ2n) is 8.03. The predicted octanol–water partition coefficient (Wildman–Crippen LogP) is 6.27. The van der Waals surface area contributed by atoms with Crippen LogP contribution in [0, 0.1) is 19.8 Å². The van der Waals surface area contributed by atoms with Crippen LogP contribution in [0.25, 0.3) is 0 Å². The van der Waals surface area contributed by atoms with E-state index in [-0.39, 0.29) is 17.5 Å². The highest BCUT2D eigenvalue weighted by molar-refractivity contribution is 5.97. The van der Waals surface area contributed by atoms with Crippen molar-refractivity contribution in [2.75, 3.05) is 5.32 Å². The maximum Gasteiger partial charge on any atom is 0.416 e. The van der Waals surface area contributed by atoms with Gasteiger partial charge < -0.3 is 5.32 Å². The molecular weight excluding hydrogens is 387 g/mol. The molecule has 2 nitrogen and oxygen atoms in total. The molecule has 1 N–H and O–H groups in total. The number of aryl methyl sites for hydroxylation is 2. The zero-order chi connectivity index (χ0) is 21.5. The van der Waals surface area contributed by atoms with Gasteiger partial charge in [-0.25, -0.2) is 0 Å². The summed E-state index contributed by atoms with van der Waals surface area (Å²) >= 11 is 0. The number of nitrogens with one attached hydrogen (secondary N) is 1. The molecule has 3 aromatic rings. The standard InChI is InChI=1S/C25H22F3NO/c1-16-6-3-8-18(12-16)24(19-9-4-7-17(2)13-19)15-22(24)23(30)29-21-11-5-10-20(14-21)25(26,27)28/h3-14,22H,15H2,1-2H3,(H,29,30). The molecule has 0 spiro atoms. The van der Waals surface area contributed by atoms with E-state index in [0.717, 1.165) is 34.4 Å². The van der Waals surface area contributed by atoms with E-state index < -0.39 is 17.2 Å². The highest BCUT2D eigenvalue weighted by Crippen LogP contribution is 2.59. The summed E-state index contributed by atoms with van der Waals surface area (Å²) in [4.78, 5) is 13.1. The van der Waals surface area contributed by atoms with Gasteiger partial charge in [-0.2, -0.15) is 13.2 Å². The van der Waals surface area contributed by atoms with Crippen LogP contribution in [0.5, 0.6) is 0 Å². The van der Waals surface area contributed by atoms with Crippen LogP contribution in [-0.4, -0.2) is 5.91 Å². The molecule has 0 radical (unpaired) electrons. The Morgan fingerprint density at radius 2 is 1.47 bits per heavy atom. The molecule has 0 aliphatic heterocycles. The van der Waals surface area contributed by atoms with E-state index in [4.69, 9.17) is 0 Å². The van der Waals surface area contributed by atoms with Crippen molar-refractivity contribution in [3.8, 4) is 0 Å². The molecular formula is C25H22F3NO. The third-order valence-corrected chi connectivity index (χ3v) is 5.80. The van der Waals surface area contributed by atoms with Gasteiger partial charge in [-0.15, -0.1) is 0 Å². The molecule has 1 aliphatic carbocycles. The quantitative estimate of drug-likeness (QED) is 0.541. The average Bonchev–Trinajstić information content (AvgIpc) is 3.45. The van der Waals surface area contributed by atoms with Crippen LogP contribution in [0.3, 0.4) is 0 Å². The summed E-state index contributed by atoms with van der Waals surface area (Å²) in [5.41, 5.74) is 3.22. The van der Waals surface area contributed by atoms with Gasteiger partial charge in [-0.1, -0.05) is 65.7 Å². The third-order valence-electron chi connectivity index (χ3n) is 5.80. The molecule has 1 saturated carbocycles. The van der Waals surface area contributed by atoms with Gasteiger partial charge in [-0.05, 0) is 49.6 Å². The fourth-order valence-electron chi connectivity index (χ4n) is 4.23. The largest absolute Gasteiger partial charge is 0.416 e. The molecule has 3 aromatic carbocycles. The number of amides is 1. The van der Waals surface area contributed by atoms with Crippen LogP contribution in [0.4, 0.5) is 18.9 Å². The van der Waals surface area contributed by atoms with Gasteiger partial charge in [-0.3, -0.25) is 4.79 Å². The van der Waals surface area contributed by atoms with E-state index >= 15 is 0 Å². The lowest BCUT2D eigenvalue weighted by Gasteiger charge is -2.20. The van der Waals surface area contributed by atoms with Crippen molar-refractivity contribution < 1.29 is 18.0 Å². The first kappa shape index (κ1) is 20.2. The Kier molecular flexibility index (Phi) is 4.92. The lowest BCUT2D eigenvalue weighted by atomic mass is 9.84. The minimum absolute atomic E-state index is 0.157.